The van der Waals surface area contributed by atoms with Gasteiger partial charge in [-0.3, -0.25) is 14.3 Å². The molecule has 1 fully saturated rings. The van der Waals surface area contributed by atoms with Gasteiger partial charge in [-0.2, -0.15) is 9.97 Å². The molecule has 2 aromatic heterocycles. The first kappa shape index (κ1) is 30.5. The van der Waals surface area contributed by atoms with Crippen LogP contribution in [0.2, 0.25) is 0 Å². The van der Waals surface area contributed by atoms with Gasteiger partial charge in [-0.25, -0.2) is 4.79 Å². The number of H-pyrrole nitrogens is 1. The average molecular weight is 568 g/mol. The monoisotopic (exact) mass is 567 g/mol. The Labute approximate surface area is 242 Å². The normalized spacial score (nSPS) is 14.1. The van der Waals surface area contributed by atoms with Crippen molar-refractivity contribution in [2.75, 3.05) is 52.2 Å². The lowest BCUT2D eigenvalue weighted by molar-refractivity contribution is -0.139. The maximum Gasteiger partial charge on any atom is 0.327 e. The minimum atomic E-state index is -0.251. The second kappa shape index (κ2) is 15.5. The maximum atomic E-state index is 12.8. The van der Waals surface area contributed by atoms with Crippen LogP contribution in [0.15, 0.2) is 29.1 Å². The minimum Gasteiger partial charge on any atom is -0.469 e. The largest absolute Gasteiger partial charge is 0.469 e. The molecular formula is C30H45N7O4. The molecule has 41 heavy (non-hydrogen) atoms. The van der Waals surface area contributed by atoms with Crippen molar-refractivity contribution < 1.29 is 14.3 Å². The molecule has 1 aliphatic heterocycles. The van der Waals surface area contributed by atoms with E-state index in [-0.39, 0.29) is 29.9 Å². The molecule has 0 radical (unpaired) electrons. The molecular weight excluding hydrogens is 522 g/mol. The number of aromatic nitrogens is 4. The summed E-state index contributed by atoms with van der Waals surface area (Å²) in [5.74, 6) is -0.0309. The zero-order valence-electron chi connectivity index (χ0n) is 24.6. The van der Waals surface area contributed by atoms with Crippen LogP contribution >= 0.6 is 0 Å². The van der Waals surface area contributed by atoms with Crippen molar-refractivity contribution in [1.29, 1.82) is 0 Å². The molecule has 0 bridgehead atoms. The number of fused-ring (bicyclic) bond motifs is 1. The van der Waals surface area contributed by atoms with Gasteiger partial charge < -0.3 is 25.1 Å². The van der Waals surface area contributed by atoms with Gasteiger partial charge in [-0.1, -0.05) is 44.0 Å². The van der Waals surface area contributed by atoms with E-state index < -0.39 is 0 Å². The summed E-state index contributed by atoms with van der Waals surface area (Å²) in [6.45, 7) is 9.08. The van der Waals surface area contributed by atoms with Gasteiger partial charge in [0.1, 0.15) is 5.52 Å². The predicted molar refractivity (Wildman–Crippen MR) is 160 cm³/mol. The van der Waals surface area contributed by atoms with Crippen molar-refractivity contribution in [2.24, 2.45) is 0 Å². The van der Waals surface area contributed by atoms with Crippen LogP contribution in [0, 0.1) is 0 Å². The quantitative estimate of drug-likeness (QED) is 0.198. The van der Waals surface area contributed by atoms with Crippen molar-refractivity contribution >= 4 is 23.0 Å². The Hall–Kier alpha value is -3.44. The number of hydrogen-bond donors (Lipinski definition) is 2. The number of carbonyl (C=O) groups excluding carboxylic acids is 1. The number of nitrogens with one attached hydrogen (secondary N) is 1. The van der Waals surface area contributed by atoms with Crippen LogP contribution in [-0.2, 0) is 29.0 Å². The smallest absolute Gasteiger partial charge is 0.327 e. The number of nitrogens with two attached hydrogens (primary N) is 1. The summed E-state index contributed by atoms with van der Waals surface area (Å²) >= 11 is 0. The summed E-state index contributed by atoms with van der Waals surface area (Å²) in [7, 11) is 1.41. The van der Waals surface area contributed by atoms with E-state index in [9.17, 15) is 9.59 Å². The van der Waals surface area contributed by atoms with Gasteiger partial charge in [0.2, 0.25) is 0 Å². The number of aryl methyl sites for hydroxylation is 1. The summed E-state index contributed by atoms with van der Waals surface area (Å²) in [5.41, 5.74) is 8.89. The SMILES string of the molecule is CCCCOc1nc(N)c2[nH]c(=O)n(CCCN(CCCN3CCCCC3)Cc3cccc(CC(=O)OC)c3)c2n1. The highest BCUT2D eigenvalue weighted by atomic mass is 16.5. The maximum absolute atomic E-state index is 12.8. The number of ether oxygens (including phenoxy) is 2. The third-order valence-corrected chi connectivity index (χ3v) is 7.59. The number of benzene rings is 1. The predicted octanol–water partition coefficient (Wildman–Crippen LogP) is 3.36. The first-order valence-corrected chi connectivity index (χ1v) is 14.9. The number of unbranched alkanes of at least 4 members (excludes halogenated alkanes) is 1. The zero-order chi connectivity index (χ0) is 29.0. The Morgan fingerprint density at radius 1 is 1.07 bits per heavy atom. The van der Waals surface area contributed by atoms with Crippen molar-refractivity contribution in [3.8, 4) is 6.01 Å². The fraction of sp³-hybridized carbons (Fsp3) is 0.600. The lowest BCUT2D eigenvalue weighted by Crippen LogP contribution is -2.34. The highest BCUT2D eigenvalue weighted by Crippen LogP contribution is 2.19. The second-order valence-corrected chi connectivity index (χ2v) is 10.8. The number of nitrogen functional groups attached to an aromatic ring is 1. The molecule has 1 saturated heterocycles. The lowest BCUT2D eigenvalue weighted by atomic mass is 10.1. The lowest BCUT2D eigenvalue weighted by Gasteiger charge is -2.28. The number of hydrogen-bond acceptors (Lipinski definition) is 9. The molecule has 3 N–H and O–H groups in total. The number of aromatic amines is 1. The molecule has 4 rings (SSSR count). The molecule has 224 valence electrons. The van der Waals surface area contributed by atoms with Crippen LogP contribution in [-0.4, -0.2) is 81.7 Å². The third-order valence-electron chi connectivity index (χ3n) is 7.59. The first-order chi connectivity index (χ1) is 20.0. The molecule has 1 aliphatic rings. The van der Waals surface area contributed by atoms with Gasteiger partial charge in [0.05, 0.1) is 20.1 Å². The highest BCUT2D eigenvalue weighted by Gasteiger charge is 2.16. The van der Waals surface area contributed by atoms with Gasteiger partial charge in [0, 0.05) is 19.6 Å². The number of likely N-dealkylation sites (tertiary alicyclic amines) is 1. The minimum absolute atomic E-state index is 0.197. The van der Waals surface area contributed by atoms with Gasteiger partial charge in [0.15, 0.2) is 11.5 Å². The number of piperidine rings is 1. The van der Waals surface area contributed by atoms with E-state index in [0.717, 1.165) is 63.0 Å². The average Bonchev–Trinajstić information content (AvgIpc) is 3.29. The molecule has 0 aliphatic carbocycles. The van der Waals surface area contributed by atoms with E-state index in [1.807, 2.05) is 12.1 Å². The van der Waals surface area contributed by atoms with Crippen LogP contribution < -0.4 is 16.2 Å². The van der Waals surface area contributed by atoms with Gasteiger partial charge >= 0.3 is 17.7 Å². The van der Waals surface area contributed by atoms with Crippen molar-refractivity contribution in [3.05, 3.63) is 45.9 Å². The Balaban J connectivity index is 1.43. The summed E-state index contributed by atoms with van der Waals surface area (Å²) in [6, 6.07) is 8.33. The molecule has 0 saturated carbocycles. The highest BCUT2D eigenvalue weighted by molar-refractivity contribution is 5.81. The standard InChI is InChI=1S/C30H45N7O4/c1-3-4-19-41-29-33-27(31)26-28(34-29)37(30(39)32-26)18-10-17-36(16-9-15-35-13-6-5-7-14-35)22-24-12-8-11-23(20-24)21-25(38)40-2/h8,11-12,20H,3-7,9-10,13-19,21-22H2,1-2H3,(H,32,39)(H2,31,33,34). The molecule has 3 aromatic rings. The molecule has 0 spiro atoms. The van der Waals surface area contributed by atoms with E-state index >= 15 is 0 Å². The first-order valence-electron chi connectivity index (χ1n) is 14.9. The Kier molecular flexibility index (Phi) is 11.6. The van der Waals surface area contributed by atoms with E-state index in [0.29, 0.717) is 24.3 Å². The topological polar surface area (TPSA) is 132 Å². The van der Waals surface area contributed by atoms with Gasteiger partial charge in [-0.15, -0.1) is 0 Å². The van der Waals surface area contributed by atoms with Gasteiger partial charge in [0.25, 0.3) is 0 Å². The molecule has 3 heterocycles. The third kappa shape index (κ3) is 9.02. The molecule has 0 atom stereocenters. The Morgan fingerprint density at radius 3 is 2.59 bits per heavy atom. The van der Waals surface area contributed by atoms with Crippen molar-refractivity contribution in [1.82, 2.24) is 29.3 Å². The summed E-state index contributed by atoms with van der Waals surface area (Å²) in [5, 5.41) is 0. The number of anilines is 1. The molecule has 0 amide bonds. The summed E-state index contributed by atoms with van der Waals surface area (Å²) in [4.78, 5) is 41.1. The van der Waals surface area contributed by atoms with Crippen molar-refractivity contribution in [3.63, 3.8) is 0 Å². The number of rotatable bonds is 16. The Morgan fingerprint density at radius 2 is 1.83 bits per heavy atom. The summed E-state index contributed by atoms with van der Waals surface area (Å²) in [6.07, 6.45) is 7.90. The van der Waals surface area contributed by atoms with Gasteiger partial charge in [-0.05, 0) is 69.4 Å². The fourth-order valence-corrected chi connectivity index (χ4v) is 5.37. The van der Waals surface area contributed by atoms with E-state index in [2.05, 4.69) is 43.8 Å². The summed E-state index contributed by atoms with van der Waals surface area (Å²) < 4.78 is 12.1. The van der Waals surface area contributed by atoms with Crippen LogP contribution in [0.4, 0.5) is 5.82 Å². The van der Waals surface area contributed by atoms with Crippen LogP contribution in [0.5, 0.6) is 6.01 Å². The Bertz CT molecular complexity index is 1320. The van der Waals surface area contributed by atoms with E-state index in [1.54, 1.807) is 4.57 Å². The zero-order valence-corrected chi connectivity index (χ0v) is 24.6. The number of esters is 1. The molecule has 11 heteroatoms. The number of imidazole rings is 1. The molecule has 11 nitrogen and oxygen atoms in total. The molecule has 0 unspecified atom stereocenters. The van der Waals surface area contributed by atoms with Crippen molar-refractivity contribution in [2.45, 2.75) is 71.4 Å². The number of nitrogens with zero attached hydrogens (tertiary/aromatic N) is 5. The second-order valence-electron chi connectivity index (χ2n) is 10.8. The molecule has 1 aromatic carbocycles. The number of carbonyl (C=O) groups is 1. The van der Waals surface area contributed by atoms with Crippen LogP contribution in [0.3, 0.4) is 0 Å². The van der Waals surface area contributed by atoms with E-state index in [4.69, 9.17) is 15.2 Å². The van der Waals surface area contributed by atoms with Crippen LogP contribution in [0.1, 0.15) is 63.0 Å². The number of methoxy groups -OCH3 is 1. The van der Waals surface area contributed by atoms with E-state index in [1.165, 1.54) is 39.5 Å². The van der Waals surface area contributed by atoms with Crippen LogP contribution in [0.25, 0.3) is 11.2 Å². The fourth-order valence-electron chi connectivity index (χ4n) is 5.37.